The maximum Gasteiger partial charge on any atom is 0.417 e. The average Bonchev–Trinajstić information content (AvgIpc) is 3.13. The summed E-state index contributed by atoms with van der Waals surface area (Å²) in [6.45, 7) is 5.48. The lowest BCUT2D eigenvalue weighted by Gasteiger charge is -2.26. The number of nitrogens with one attached hydrogen (secondary N) is 3. The number of aromatic amines is 1. The average molecular weight is 512 g/mol. The topological polar surface area (TPSA) is 107 Å². The number of nitrogens with two attached hydrogens (primary N) is 1. The number of nitrogens with zero attached hydrogens (tertiary/aromatic N) is 1. The highest BCUT2D eigenvalue weighted by molar-refractivity contribution is 6.32. The quantitative estimate of drug-likeness (QED) is 0.170. The van der Waals surface area contributed by atoms with E-state index < -0.39 is 11.7 Å². The standard InChI is InChI=1S/C26H27Cl2N5O2/c1-26(2,3)35-25(34)33(24(29)30)13-12-19-21(31-17-7-4-15(27)5-8-17)11-9-18-20-14-16(28)6-10-22(20)32-23(18)19/h4-11,14,31-32H,12-13H2,1-3H3,(H3,29,30). The number of hydrogen-bond donors (Lipinski definition) is 4. The van der Waals surface area contributed by atoms with E-state index in [-0.39, 0.29) is 12.5 Å². The number of rotatable bonds is 5. The molecule has 1 heterocycles. The van der Waals surface area contributed by atoms with E-state index in [1.54, 1.807) is 20.8 Å². The Morgan fingerprint density at radius 2 is 1.74 bits per heavy atom. The number of benzene rings is 3. The minimum Gasteiger partial charge on any atom is -0.443 e. The highest BCUT2D eigenvalue weighted by Gasteiger charge is 2.25. The normalized spacial score (nSPS) is 11.6. The van der Waals surface area contributed by atoms with Gasteiger partial charge in [0.2, 0.25) is 0 Å². The summed E-state index contributed by atoms with van der Waals surface area (Å²) in [5, 5.41) is 14.7. The maximum absolute atomic E-state index is 12.7. The second kappa shape index (κ2) is 9.68. The summed E-state index contributed by atoms with van der Waals surface area (Å²) in [6.07, 6.45) is -0.250. The Hall–Kier alpha value is -3.42. The monoisotopic (exact) mass is 511 g/mol. The van der Waals surface area contributed by atoms with Gasteiger partial charge in [-0.15, -0.1) is 0 Å². The Morgan fingerprint density at radius 1 is 1.06 bits per heavy atom. The van der Waals surface area contributed by atoms with Crippen LogP contribution in [0.1, 0.15) is 26.3 Å². The molecule has 0 aliphatic rings. The molecule has 1 amide bonds. The van der Waals surface area contributed by atoms with Crippen LogP contribution in [0, 0.1) is 5.41 Å². The van der Waals surface area contributed by atoms with Gasteiger partial charge in [-0.25, -0.2) is 9.69 Å². The zero-order valence-corrected chi connectivity index (χ0v) is 21.2. The summed E-state index contributed by atoms with van der Waals surface area (Å²) in [5.74, 6) is -0.373. The smallest absolute Gasteiger partial charge is 0.417 e. The molecular formula is C26H27Cl2N5O2. The Kier molecular flexibility index (Phi) is 6.83. The van der Waals surface area contributed by atoms with Crippen LogP contribution in [-0.4, -0.2) is 34.1 Å². The number of aromatic nitrogens is 1. The lowest BCUT2D eigenvalue weighted by atomic mass is 10.0. The van der Waals surface area contributed by atoms with Crippen LogP contribution >= 0.6 is 23.2 Å². The molecule has 182 valence electrons. The lowest BCUT2D eigenvalue weighted by molar-refractivity contribution is 0.0368. The Labute approximate surface area is 213 Å². The molecule has 0 radical (unpaired) electrons. The van der Waals surface area contributed by atoms with Gasteiger partial charge < -0.3 is 20.8 Å². The van der Waals surface area contributed by atoms with Crippen LogP contribution in [0.15, 0.2) is 54.6 Å². The number of ether oxygens (including phenoxy) is 1. The van der Waals surface area contributed by atoms with Gasteiger partial charge in [-0.2, -0.15) is 0 Å². The zero-order valence-electron chi connectivity index (χ0n) is 19.7. The van der Waals surface area contributed by atoms with Crippen LogP contribution in [-0.2, 0) is 11.2 Å². The molecule has 0 saturated heterocycles. The Morgan fingerprint density at radius 3 is 2.40 bits per heavy atom. The number of amides is 1. The SMILES string of the molecule is CC(C)(C)OC(=O)N(CCc1c(Nc2ccc(Cl)cc2)ccc2c1[nH]c1ccc(Cl)cc12)C(=N)N. The van der Waals surface area contributed by atoms with E-state index in [1.165, 1.54) is 0 Å². The predicted octanol–water partition coefficient (Wildman–Crippen LogP) is 7.04. The largest absolute Gasteiger partial charge is 0.443 e. The van der Waals surface area contributed by atoms with E-state index in [0.29, 0.717) is 16.5 Å². The molecule has 4 aromatic rings. The minimum atomic E-state index is -0.706. The Bertz CT molecular complexity index is 1410. The van der Waals surface area contributed by atoms with Gasteiger partial charge in [-0.05, 0) is 75.7 Å². The third-order valence-corrected chi connectivity index (χ3v) is 5.94. The van der Waals surface area contributed by atoms with Gasteiger partial charge in [0.25, 0.3) is 0 Å². The van der Waals surface area contributed by atoms with Crippen molar-refractivity contribution in [2.24, 2.45) is 5.73 Å². The van der Waals surface area contributed by atoms with E-state index in [0.717, 1.165) is 43.6 Å². The molecule has 0 saturated carbocycles. The van der Waals surface area contributed by atoms with Crippen molar-refractivity contribution in [1.82, 2.24) is 9.88 Å². The molecule has 0 atom stereocenters. The van der Waals surface area contributed by atoms with E-state index in [4.69, 9.17) is 39.1 Å². The van der Waals surface area contributed by atoms with E-state index in [9.17, 15) is 4.79 Å². The van der Waals surface area contributed by atoms with Crippen molar-refractivity contribution >= 4 is 68.4 Å². The molecule has 3 aromatic carbocycles. The lowest BCUT2D eigenvalue weighted by Crippen LogP contribution is -2.45. The summed E-state index contributed by atoms with van der Waals surface area (Å²) in [4.78, 5) is 17.3. The summed E-state index contributed by atoms with van der Waals surface area (Å²) in [5.41, 5.74) is 9.55. The molecule has 9 heteroatoms. The Balaban J connectivity index is 1.76. The molecule has 35 heavy (non-hydrogen) atoms. The van der Waals surface area contributed by atoms with Crippen LogP contribution in [0.25, 0.3) is 21.8 Å². The third kappa shape index (κ3) is 5.63. The van der Waals surface area contributed by atoms with Gasteiger partial charge in [0.05, 0.1) is 5.52 Å². The summed E-state index contributed by atoms with van der Waals surface area (Å²) in [7, 11) is 0. The molecule has 4 rings (SSSR count). The number of fused-ring (bicyclic) bond motifs is 3. The van der Waals surface area contributed by atoms with Gasteiger partial charge in [0.15, 0.2) is 5.96 Å². The number of halogens is 2. The molecule has 0 bridgehead atoms. The molecule has 0 unspecified atom stereocenters. The van der Waals surface area contributed by atoms with E-state index in [2.05, 4.69) is 10.3 Å². The van der Waals surface area contributed by atoms with Crippen LogP contribution in [0.2, 0.25) is 10.0 Å². The summed E-state index contributed by atoms with van der Waals surface area (Å²) < 4.78 is 5.45. The summed E-state index contributed by atoms with van der Waals surface area (Å²) in [6, 6.07) is 17.1. The predicted molar refractivity (Wildman–Crippen MR) is 144 cm³/mol. The highest BCUT2D eigenvalue weighted by atomic mass is 35.5. The first-order chi connectivity index (χ1) is 16.5. The summed E-state index contributed by atoms with van der Waals surface area (Å²) >= 11 is 12.3. The van der Waals surface area contributed by atoms with Gasteiger partial charge in [-0.3, -0.25) is 5.41 Å². The first kappa shape index (κ1) is 24.7. The van der Waals surface area contributed by atoms with E-state index >= 15 is 0 Å². The van der Waals surface area contributed by atoms with Crippen molar-refractivity contribution in [2.75, 3.05) is 11.9 Å². The fraction of sp³-hybridized carbons (Fsp3) is 0.231. The van der Waals surface area contributed by atoms with Crippen molar-refractivity contribution in [1.29, 1.82) is 5.41 Å². The van der Waals surface area contributed by atoms with Gasteiger partial charge in [0, 0.05) is 49.8 Å². The molecule has 0 aliphatic carbocycles. The van der Waals surface area contributed by atoms with Crippen molar-refractivity contribution in [3.8, 4) is 0 Å². The first-order valence-corrected chi connectivity index (χ1v) is 11.9. The molecule has 7 nitrogen and oxygen atoms in total. The second-order valence-corrected chi connectivity index (χ2v) is 10.1. The van der Waals surface area contributed by atoms with Crippen LogP contribution < -0.4 is 11.1 Å². The number of hydrogen-bond acceptors (Lipinski definition) is 4. The molecule has 0 fully saturated rings. The van der Waals surface area contributed by atoms with Crippen LogP contribution in [0.3, 0.4) is 0 Å². The number of H-pyrrole nitrogens is 1. The van der Waals surface area contributed by atoms with E-state index in [1.807, 2.05) is 54.6 Å². The number of guanidine groups is 1. The fourth-order valence-electron chi connectivity index (χ4n) is 3.91. The highest BCUT2D eigenvalue weighted by Crippen LogP contribution is 2.35. The minimum absolute atomic E-state index is 0.161. The fourth-order valence-corrected chi connectivity index (χ4v) is 4.21. The second-order valence-electron chi connectivity index (χ2n) is 9.23. The molecule has 0 spiro atoms. The van der Waals surface area contributed by atoms with Crippen molar-refractivity contribution < 1.29 is 9.53 Å². The van der Waals surface area contributed by atoms with Crippen molar-refractivity contribution in [2.45, 2.75) is 32.8 Å². The number of carbonyl (C=O) groups excluding carboxylic acids is 1. The molecular weight excluding hydrogens is 485 g/mol. The zero-order chi connectivity index (χ0) is 25.3. The maximum atomic E-state index is 12.7. The molecule has 5 N–H and O–H groups in total. The van der Waals surface area contributed by atoms with Crippen molar-refractivity contribution in [3.63, 3.8) is 0 Å². The van der Waals surface area contributed by atoms with Crippen molar-refractivity contribution in [3.05, 3.63) is 70.2 Å². The third-order valence-electron chi connectivity index (χ3n) is 5.46. The molecule has 1 aromatic heterocycles. The first-order valence-electron chi connectivity index (χ1n) is 11.1. The van der Waals surface area contributed by atoms with Crippen LogP contribution in [0.4, 0.5) is 16.2 Å². The van der Waals surface area contributed by atoms with Gasteiger partial charge >= 0.3 is 6.09 Å². The van der Waals surface area contributed by atoms with Gasteiger partial charge in [0.1, 0.15) is 5.60 Å². The number of anilines is 2. The molecule has 0 aliphatic heterocycles. The van der Waals surface area contributed by atoms with Crippen LogP contribution in [0.5, 0.6) is 0 Å². The van der Waals surface area contributed by atoms with Gasteiger partial charge in [-0.1, -0.05) is 29.3 Å². The number of carbonyl (C=O) groups is 1.